The van der Waals surface area contributed by atoms with Crippen molar-refractivity contribution in [2.75, 3.05) is 19.6 Å². The summed E-state index contributed by atoms with van der Waals surface area (Å²) in [6, 6.07) is 15.6. The predicted octanol–water partition coefficient (Wildman–Crippen LogP) is 3.03. The van der Waals surface area contributed by atoms with Gasteiger partial charge in [-0.25, -0.2) is 0 Å². The molecule has 5 heteroatoms. The average molecular weight is 380 g/mol. The molecule has 2 aromatic carbocycles. The Balaban J connectivity index is 1.49. The van der Waals surface area contributed by atoms with E-state index in [4.69, 9.17) is 0 Å². The van der Waals surface area contributed by atoms with Crippen molar-refractivity contribution in [1.82, 2.24) is 15.5 Å². The molecule has 2 aromatic rings. The number of aryl methyl sites for hydroxylation is 1. The van der Waals surface area contributed by atoms with Crippen molar-refractivity contribution in [3.63, 3.8) is 0 Å². The number of nitrogens with zero attached hydrogens (tertiary/aromatic N) is 1. The van der Waals surface area contributed by atoms with Crippen LogP contribution in [0.1, 0.15) is 46.3 Å². The molecular formula is C23H29N3O2. The number of benzene rings is 2. The lowest BCUT2D eigenvalue weighted by atomic mass is 10.0. The minimum absolute atomic E-state index is 0.0263. The minimum Gasteiger partial charge on any atom is -0.350 e. The van der Waals surface area contributed by atoms with Gasteiger partial charge in [-0.05, 0) is 55.6 Å². The first-order valence-electron chi connectivity index (χ1n) is 10.0. The molecule has 148 valence electrons. The van der Waals surface area contributed by atoms with Crippen LogP contribution in [0.5, 0.6) is 0 Å². The highest BCUT2D eigenvalue weighted by molar-refractivity contribution is 5.97. The summed E-state index contributed by atoms with van der Waals surface area (Å²) in [6.45, 7) is 5.55. The van der Waals surface area contributed by atoms with Gasteiger partial charge in [-0.1, -0.05) is 48.9 Å². The zero-order valence-electron chi connectivity index (χ0n) is 16.5. The van der Waals surface area contributed by atoms with Gasteiger partial charge in [0.25, 0.3) is 5.91 Å². The summed E-state index contributed by atoms with van der Waals surface area (Å²) in [5, 5.41) is 5.62. The molecule has 5 nitrogen and oxygen atoms in total. The SMILES string of the molecule is Cc1ccccc1C(=O)NCC(=O)NCc1ccccc1CN1CCCCC1. The molecule has 0 atom stereocenters. The van der Waals surface area contributed by atoms with E-state index in [1.807, 2.05) is 37.3 Å². The quantitative estimate of drug-likeness (QED) is 0.777. The molecule has 1 heterocycles. The van der Waals surface area contributed by atoms with Crippen LogP contribution in [0.2, 0.25) is 0 Å². The highest BCUT2D eigenvalue weighted by Crippen LogP contribution is 2.16. The van der Waals surface area contributed by atoms with Crippen molar-refractivity contribution in [3.05, 3.63) is 70.8 Å². The van der Waals surface area contributed by atoms with Crippen LogP contribution in [-0.4, -0.2) is 36.3 Å². The molecule has 1 saturated heterocycles. The monoisotopic (exact) mass is 379 g/mol. The first-order chi connectivity index (χ1) is 13.6. The van der Waals surface area contributed by atoms with Gasteiger partial charge in [0.15, 0.2) is 0 Å². The molecule has 28 heavy (non-hydrogen) atoms. The second kappa shape index (κ2) is 10.0. The Morgan fingerprint density at radius 1 is 0.893 bits per heavy atom. The molecule has 0 unspecified atom stereocenters. The van der Waals surface area contributed by atoms with Crippen LogP contribution in [0.3, 0.4) is 0 Å². The smallest absolute Gasteiger partial charge is 0.251 e. The number of likely N-dealkylation sites (tertiary alicyclic amines) is 1. The fraction of sp³-hybridized carbons (Fsp3) is 0.391. The Morgan fingerprint density at radius 3 is 2.32 bits per heavy atom. The Kier molecular flexibility index (Phi) is 7.20. The number of carbonyl (C=O) groups excluding carboxylic acids is 2. The van der Waals surface area contributed by atoms with Crippen LogP contribution in [-0.2, 0) is 17.9 Å². The Bertz CT molecular complexity index is 813. The molecular weight excluding hydrogens is 350 g/mol. The summed E-state index contributed by atoms with van der Waals surface area (Å²) >= 11 is 0. The molecule has 0 radical (unpaired) electrons. The van der Waals surface area contributed by atoms with Gasteiger partial charge >= 0.3 is 0 Å². The Hall–Kier alpha value is -2.66. The van der Waals surface area contributed by atoms with E-state index >= 15 is 0 Å². The topological polar surface area (TPSA) is 61.4 Å². The van der Waals surface area contributed by atoms with Crippen molar-refractivity contribution >= 4 is 11.8 Å². The van der Waals surface area contributed by atoms with Gasteiger partial charge in [-0.3, -0.25) is 14.5 Å². The van der Waals surface area contributed by atoms with Crippen molar-refractivity contribution in [1.29, 1.82) is 0 Å². The number of piperidine rings is 1. The molecule has 2 N–H and O–H groups in total. The van der Waals surface area contributed by atoms with E-state index in [2.05, 4.69) is 27.7 Å². The zero-order chi connectivity index (χ0) is 19.8. The van der Waals surface area contributed by atoms with E-state index in [1.54, 1.807) is 6.07 Å². The van der Waals surface area contributed by atoms with Gasteiger partial charge in [0.2, 0.25) is 5.91 Å². The third kappa shape index (κ3) is 5.67. The van der Waals surface area contributed by atoms with Gasteiger partial charge in [0, 0.05) is 18.7 Å². The minimum atomic E-state index is -0.223. The van der Waals surface area contributed by atoms with E-state index in [1.165, 1.54) is 24.8 Å². The maximum Gasteiger partial charge on any atom is 0.251 e. The largest absolute Gasteiger partial charge is 0.350 e. The van der Waals surface area contributed by atoms with Gasteiger partial charge < -0.3 is 10.6 Å². The molecule has 2 amide bonds. The van der Waals surface area contributed by atoms with Crippen LogP contribution >= 0.6 is 0 Å². The number of amides is 2. The highest BCUT2D eigenvalue weighted by Gasteiger charge is 2.13. The summed E-state index contributed by atoms with van der Waals surface area (Å²) in [4.78, 5) is 26.9. The molecule has 3 rings (SSSR count). The number of carbonyl (C=O) groups is 2. The van der Waals surface area contributed by atoms with E-state index < -0.39 is 0 Å². The lowest BCUT2D eigenvalue weighted by molar-refractivity contribution is -0.120. The lowest BCUT2D eigenvalue weighted by Crippen LogP contribution is -2.37. The number of hydrogen-bond donors (Lipinski definition) is 2. The summed E-state index contributed by atoms with van der Waals surface area (Å²) in [7, 11) is 0. The second-order valence-corrected chi connectivity index (χ2v) is 7.38. The Labute approximate surface area is 167 Å². The molecule has 0 bridgehead atoms. The third-order valence-corrected chi connectivity index (χ3v) is 5.24. The van der Waals surface area contributed by atoms with E-state index in [9.17, 15) is 9.59 Å². The van der Waals surface area contributed by atoms with E-state index in [0.717, 1.165) is 30.8 Å². The Morgan fingerprint density at radius 2 is 1.57 bits per heavy atom. The summed E-state index contributed by atoms with van der Waals surface area (Å²) in [6.07, 6.45) is 3.85. The number of rotatable bonds is 7. The van der Waals surface area contributed by atoms with Gasteiger partial charge in [0.1, 0.15) is 0 Å². The van der Waals surface area contributed by atoms with Crippen molar-refractivity contribution in [2.45, 2.75) is 39.3 Å². The summed E-state index contributed by atoms with van der Waals surface area (Å²) in [5.41, 5.74) is 3.88. The van der Waals surface area contributed by atoms with Crippen LogP contribution < -0.4 is 10.6 Å². The standard InChI is InChI=1S/C23H29N3O2/c1-18-9-3-6-12-21(18)23(28)25-16-22(27)24-15-19-10-4-5-11-20(19)17-26-13-7-2-8-14-26/h3-6,9-12H,2,7-8,13-17H2,1H3,(H,24,27)(H,25,28). The first kappa shape index (κ1) is 20.1. The fourth-order valence-electron chi connectivity index (χ4n) is 3.58. The van der Waals surface area contributed by atoms with Crippen molar-refractivity contribution in [2.24, 2.45) is 0 Å². The maximum absolute atomic E-state index is 12.2. The zero-order valence-corrected chi connectivity index (χ0v) is 16.5. The fourth-order valence-corrected chi connectivity index (χ4v) is 3.58. The molecule has 1 fully saturated rings. The molecule has 0 aliphatic carbocycles. The van der Waals surface area contributed by atoms with Crippen molar-refractivity contribution < 1.29 is 9.59 Å². The summed E-state index contributed by atoms with van der Waals surface area (Å²) < 4.78 is 0. The van der Waals surface area contributed by atoms with Crippen LogP contribution in [0.25, 0.3) is 0 Å². The normalized spacial score (nSPS) is 14.5. The predicted molar refractivity (Wildman–Crippen MR) is 111 cm³/mol. The molecule has 1 aliphatic rings. The number of hydrogen-bond acceptors (Lipinski definition) is 3. The van der Waals surface area contributed by atoms with Gasteiger partial charge in [0.05, 0.1) is 6.54 Å². The third-order valence-electron chi connectivity index (χ3n) is 5.24. The van der Waals surface area contributed by atoms with Crippen LogP contribution in [0, 0.1) is 6.92 Å². The van der Waals surface area contributed by atoms with Crippen LogP contribution in [0.15, 0.2) is 48.5 Å². The molecule has 0 aromatic heterocycles. The summed E-state index contributed by atoms with van der Waals surface area (Å²) in [5.74, 6) is -0.409. The highest BCUT2D eigenvalue weighted by atomic mass is 16.2. The van der Waals surface area contributed by atoms with E-state index in [0.29, 0.717) is 12.1 Å². The van der Waals surface area contributed by atoms with Gasteiger partial charge in [-0.2, -0.15) is 0 Å². The number of nitrogens with one attached hydrogen (secondary N) is 2. The average Bonchev–Trinajstić information content (AvgIpc) is 2.72. The van der Waals surface area contributed by atoms with Crippen molar-refractivity contribution in [3.8, 4) is 0 Å². The second-order valence-electron chi connectivity index (χ2n) is 7.38. The van der Waals surface area contributed by atoms with E-state index in [-0.39, 0.29) is 18.4 Å². The lowest BCUT2D eigenvalue weighted by Gasteiger charge is -2.27. The maximum atomic E-state index is 12.2. The van der Waals surface area contributed by atoms with Crippen LogP contribution in [0.4, 0.5) is 0 Å². The molecule has 1 aliphatic heterocycles. The first-order valence-corrected chi connectivity index (χ1v) is 10.0. The van der Waals surface area contributed by atoms with Gasteiger partial charge in [-0.15, -0.1) is 0 Å². The molecule has 0 saturated carbocycles. The molecule has 0 spiro atoms.